The van der Waals surface area contributed by atoms with Crippen LogP contribution in [0.3, 0.4) is 0 Å². The SMILES string of the molecule is CCOC(=O)C1Cc2ccccc2C1NC(=O)c1cccc(C#N)c1C. The van der Waals surface area contributed by atoms with Gasteiger partial charge in [-0.1, -0.05) is 30.3 Å². The molecule has 2 aromatic rings. The molecule has 0 heterocycles. The number of carbonyl (C=O) groups excluding carboxylic acids is 2. The standard InChI is InChI=1S/C21H20N2O3/c1-3-26-21(25)18-11-14-7-4-5-9-17(14)19(18)23-20(24)16-10-6-8-15(12-22)13(16)2/h4-10,18-19H,3,11H2,1-2H3,(H,23,24). The van der Waals surface area contributed by atoms with Crippen LogP contribution in [0.5, 0.6) is 0 Å². The molecule has 5 heteroatoms. The minimum absolute atomic E-state index is 0.296. The second kappa shape index (κ2) is 7.40. The minimum atomic E-state index is -0.448. The zero-order chi connectivity index (χ0) is 18.7. The van der Waals surface area contributed by atoms with Crippen LogP contribution in [0.4, 0.5) is 0 Å². The van der Waals surface area contributed by atoms with E-state index in [1.807, 2.05) is 24.3 Å². The van der Waals surface area contributed by atoms with Crippen LogP contribution in [0.25, 0.3) is 0 Å². The highest BCUT2D eigenvalue weighted by Gasteiger charge is 2.39. The van der Waals surface area contributed by atoms with E-state index in [1.165, 1.54) is 0 Å². The van der Waals surface area contributed by atoms with Gasteiger partial charge >= 0.3 is 5.97 Å². The number of hydrogen-bond donors (Lipinski definition) is 1. The summed E-state index contributed by atoms with van der Waals surface area (Å²) in [6.45, 7) is 3.82. The molecule has 0 fully saturated rings. The topological polar surface area (TPSA) is 79.2 Å². The Bertz CT molecular complexity index is 898. The number of ether oxygens (including phenoxy) is 1. The lowest BCUT2D eigenvalue weighted by atomic mass is 9.98. The fourth-order valence-electron chi connectivity index (χ4n) is 3.46. The van der Waals surface area contributed by atoms with Crippen molar-refractivity contribution in [3.63, 3.8) is 0 Å². The number of benzene rings is 2. The van der Waals surface area contributed by atoms with Crippen LogP contribution in [-0.2, 0) is 16.0 Å². The molecular weight excluding hydrogens is 328 g/mol. The average Bonchev–Trinajstić information content (AvgIpc) is 3.01. The van der Waals surface area contributed by atoms with Crippen molar-refractivity contribution in [2.24, 2.45) is 5.92 Å². The van der Waals surface area contributed by atoms with E-state index in [1.54, 1.807) is 32.0 Å². The Morgan fingerprint density at radius 1 is 1.23 bits per heavy atom. The highest BCUT2D eigenvalue weighted by molar-refractivity contribution is 5.97. The van der Waals surface area contributed by atoms with Crippen LogP contribution in [0.1, 0.15) is 45.6 Å². The molecule has 1 aliphatic carbocycles. The second-order valence-corrected chi connectivity index (χ2v) is 6.30. The van der Waals surface area contributed by atoms with E-state index in [9.17, 15) is 14.9 Å². The molecule has 2 unspecified atom stereocenters. The number of rotatable bonds is 4. The van der Waals surface area contributed by atoms with Crippen molar-refractivity contribution >= 4 is 11.9 Å². The van der Waals surface area contributed by atoms with Gasteiger partial charge in [-0.05, 0) is 49.1 Å². The van der Waals surface area contributed by atoms with Gasteiger partial charge in [-0.25, -0.2) is 0 Å². The van der Waals surface area contributed by atoms with E-state index in [4.69, 9.17) is 4.74 Å². The molecule has 2 aromatic carbocycles. The molecule has 0 aromatic heterocycles. The number of fused-ring (bicyclic) bond motifs is 1. The third kappa shape index (κ3) is 3.18. The van der Waals surface area contributed by atoms with Crippen molar-refractivity contribution in [3.8, 4) is 6.07 Å². The lowest BCUT2D eigenvalue weighted by molar-refractivity contribution is -0.148. The maximum atomic E-state index is 12.9. The highest BCUT2D eigenvalue weighted by Crippen LogP contribution is 2.37. The molecule has 132 valence electrons. The van der Waals surface area contributed by atoms with Gasteiger partial charge in [0.2, 0.25) is 0 Å². The lowest BCUT2D eigenvalue weighted by Gasteiger charge is -2.21. The summed E-state index contributed by atoms with van der Waals surface area (Å²) in [5.41, 5.74) is 3.51. The molecule has 0 radical (unpaired) electrons. The van der Waals surface area contributed by atoms with Gasteiger partial charge in [0, 0.05) is 5.56 Å². The quantitative estimate of drug-likeness (QED) is 0.861. The van der Waals surface area contributed by atoms with Gasteiger partial charge in [-0.15, -0.1) is 0 Å². The van der Waals surface area contributed by atoms with Gasteiger partial charge in [0.05, 0.1) is 30.2 Å². The predicted octanol–water partition coefficient (Wildman–Crippen LogP) is 3.07. The summed E-state index contributed by atoms with van der Waals surface area (Å²) in [5, 5.41) is 12.2. The molecule has 0 aliphatic heterocycles. The monoisotopic (exact) mass is 348 g/mol. The summed E-state index contributed by atoms with van der Waals surface area (Å²) in [5.74, 6) is -1.05. The molecule has 1 N–H and O–H groups in total. The minimum Gasteiger partial charge on any atom is -0.466 e. The number of carbonyl (C=O) groups is 2. The number of amides is 1. The summed E-state index contributed by atoms with van der Waals surface area (Å²) < 4.78 is 5.20. The Morgan fingerprint density at radius 3 is 2.73 bits per heavy atom. The zero-order valence-electron chi connectivity index (χ0n) is 14.8. The Labute approximate surface area is 152 Å². The van der Waals surface area contributed by atoms with Crippen LogP contribution >= 0.6 is 0 Å². The summed E-state index contributed by atoms with van der Waals surface area (Å²) >= 11 is 0. The zero-order valence-corrected chi connectivity index (χ0v) is 14.8. The molecule has 1 amide bonds. The molecule has 3 rings (SSSR count). The average molecular weight is 348 g/mol. The van der Waals surface area contributed by atoms with Crippen molar-refractivity contribution < 1.29 is 14.3 Å². The molecular formula is C21H20N2O3. The smallest absolute Gasteiger partial charge is 0.311 e. The summed E-state index contributed by atoms with van der Waals surface area (Å²) in [6.07, 6.45) is 0.539. The molecule has 0 spiro atoms. The Hall–Kier alpha value is -3.13. The van der Waals surface area contributed by atoms with E-state index in [-0.39, 0.29) is 11.9 Å². The molecule has 0 bridgehead atoms. The van der Waals surface area contributed by atoms with Crippen molar-refractivity contribution in [1.29, 1.82) is 5.26 Å². The number of hydrogen-bond acceptors (Lipinski definition) is 4. The highest BCUT2D eigenvalue weighted by atomic mass is 16.5. The van der Waals surface area contributed by atoms with Crippen LogP contribution in [-0.4, -0.2) is 18.5 Å². The molecule has 5 nitrogen and oxygen atoms in total. The van der Waals surface area contributed by atoms with E-state index in [0.717, 1.165) is 11.1 Å². The Balaban J connectivity index is 1.92. The van der Waals surface area contributed by atoms with Gasteiger partial charge in [0.15, 0.2) is 0 Å². The summed E-state index contributed by atoms with van der Waals surface area (Å²) in [4.78, 5) is 25.2. The van der Waals surface area contributed by atoms with Gasteiger partial charge < -0.3 is 10.1 Å². The van der Waals surface area contributed by atoms with Gasteiger partial charge in [0.25, 0.3) is 5.91 Å². The summed E-state index contributed by atoms with van der Waals surface area (Å²) in [6, 6.07) is 14.4. The van der Waals surface area contributed by atoms with E-state index < -0.39 is 12.0 Å². The van der Waals surface area contributed by atoms with Crippen molar-refractivity contribution in [2.75, 3.05) is 6.61 Å². The van der Waals surface area contributed by atoms with Crippen molar-refractivity contribution in [2.45, 2.75) is 26.3 Å². The third-order valence-electron chi connectivity index (χ3n) is 4.81. The van der Waals surface area contributed by atoms with Gasteiger partial charge in [-0.2, -0.15) is 5.26 Å². The number of nitriles is 1. The number of nitrogens with zero attached hydrogens (tertiary/aromatic N) is 1. The third-order valence-corrected chi connectivity index (χ3v) is 4.81. The molecule has 1 aliphatic rings. The maximum absolute atomic E-state index is 12.9. The molecule has 2 atom stereocenters. The van der Waals surface area contributed by atoms with Crippen LogP contribution in [0.15, 0.2) is 42.5 Å². The van der Waals surface area contributed by atoms with E-state index >= 15 is 0 Å². The van der Waals surface area contributed by atoms with Crippen LogP contribution in [0, 0.1) is 24.2 Å². The first kappa shape index (κ1) is 17.7. The van der Waals surface area contributed by atoms with E-state index in [0.29, 0.717) is 29.7 Å². The number of nitrogens with one attached hydrogen (secondary N) is 1. The first-order chi connectivity index (χ1) is 12.6. The van der Waals surface area contributed by atoms with Crippen molar-refractivity contribution in [3.05, 3.63) is 70.3 Å². The van der Waals surface area contributed by atoms with Crippen LogP contribution in [0.2, 0.25) is 0 Å². The van der Waals surface area contributed by atoms with Crippen molar-refractivity contribution in [1.82, 2.24) is 5.32 Å². The van der Waals surface area contributed by atoms with E-state index in [2.05, 4.69) is 11.4 Å². The first-order valence-corrected chi connectivity index (χ1v) is 8.61. The first-order valence-electron chi connectivity index (χ1n) is 8.61. The lowest BCUT2D eigenvalue weighted by Crippen LogP contribution is -2.35. The Morgan fingerprint density at radius 2 is 2.00 bits per heavy atom. The molecule has 0 saturated carbocycles. The summed E-state index contributed by atoms with van der Waals surface area (Å²) in [7, 11) is 0. The predicted molar refractivity (Wildman–Crippen MR) is 96.4 cm³/mol. The van der Waals surface area contributed by atoms with Gasteiger partial charge in [0.1, 0.15) is 0 Å². The van der Waals surface area contributed by atoms with Crippen LogP contribution < -0.4 is 5.32 Å². The largest absolute Gasteiger partial charge is 0.466 e. The van der Waals surface area contributed by atoms with Gasteiger partial charge in [-0.3, -0.25) is 9.59 Å². The maximum Gasteiger partial charge on any atom is 0.311 e. The number of esters is 1. The molecule has 0 saturated heterocycles. The normalized spacial score (nSPS) is 17.9. The fraction of sp³-hybridized carbons (Fsp3) is 0.286. The second-order valence-electron chi connectivity index (χ2n) is 6.30. The Kier molecular flexibility index (Phi) is 5.04. The molecule has 26 heavy (non-hydrogen) atoms. The fourth-order valence-corrected chi connectivity index (χ4v) is 3.46.